The third kappa shape index (κ3) is 1.72. The van der Waals surface area contributed by atoms with Crippen LogP contribution in [0.5, 0.6) is 0 Å². The van der Waals surface area contributed by atoms with E-state index in [1.165, 1.54) is 0 Å². The first-order valence-corrected chi connectivity index (χ1v) is 4.56. The molecule has 4 heteroatoms. The Morgan fingerprint density at radius 1 is 1.14 bits per heavy atom. The van der Waals surface area contributed by atoms with Crippen molar-refractivity contribution in [1.82, 2.24) is 15.0 Å². The van der Waals surface area contributed by atoms with Crippen molar-refractivity contribution >= 4 is 11.6 Å². The van der Waals surface area contributed by atoms with Crippen molar-refractivity contribution in [2.45, 2.75) is 6.92 Å². The SMILES string of the molecule is Cc1ccc(-c2ncccn2)c(Cl)n1. The van der Waals surface area contributed by atoms with Crippen LogP contribution in [0.3, 0.4) is 0 Å². The number of halogens is 1. The topological polar surface area (TPSA) is 38.7 Å². The fraction of sp³-hybridized carbons (Fsp3) is 0.100. The van der Waals surface area contributed by atoms with Gasteiger partial charge in [0.15, 0.2) is 5.82 Å². The van der Waals surface area contributed by atoms with Gasteiger partial charge in [0.1, 0.15) is 5.15 Å². The maximum atomic E-state index is 5.97. The zero-order valence-corrected chi connectivity index (χ0v) is 8.36. The molecule has 2 rings (SSSR count). The van der Waals surface area contributed by atoms with E-state index in [1.807, 2.05) is 19.1 Å². The van der Waals surface area contributed by atoms with E-state index in [0.29, 0.717) is 11.0 Å². The van der Waals surface area contributed by atoms with E-state index in [-0.39, 0.29) is 0 Å². The van der Waals surface area contributed by atoms with Crippen LogP contribution in [0.4, 0.5) is 0 Å². The molecule has 0 spiro atoms. The van der Waals surface area contributed by atoms with Crippen molar-refractivity contribution in [3.8, 4) is 11.4 Å². The van der Waals surface area contributed by atoms with E-state index in [0.717, 1.165) is 11.3 Å². The van der Waals surface area contributed by atoms with Gasteiger partial charge < -0.3 is 0 Å². The fourth-order valence-corrected chi connectivity index (χ4v) is 1.41. The molecular weight excluding hydrogens is 198 g/mol. The lowest BCUT2D eigenvalue weighted by atomic mass is 10.2. The molecule has 70 valence electrons. The smallest absolute Gasteiger partial charge is 0.162 e. The van der Waals surface area contributed by atoms with E-state index in [9.17, 15) is 0 Å². The number of pyridine rings is 1. The Labute approximate surface area is 86.8 Å². The van der Waals surface area contributed by atoms with Crippen LogP contribution in [0.2, 0.25) is 5.15 Å². The lowest BCUT2D eigenvalue weighted by Gasteiger charge is -2.01. The Bertz CT molecular complexity index is 442. The highest BCUT2D eigenvalue weighted by Gasteiger charge is 2.06. The van der Waals surface area contributed by atoms with Gasteiger partial charge >= 0.3 is 0 Å². The van der Waals surface area contributed by atoms with E-state index in [1.54, 1.807) is 18.5 Å². The average Bonchev–Trinajstić information content (AvgIpc) is 2.19. The molecule has 0 aromatic carbocycles. The summed E-state index contributed by atoms with van der Waals surface area (Å²) in [4.78, 5) is 12.3. The molecule has 0 unspecified atom stereocenters. The summed E-state index contributed by atoms with van der Waals surface area (Å²) in [6.07, 6.45) is 3.36. The molecule has 0 N–H and O–H groups in total. The predicted molar refractivity (Wildman–Crippen MR) is 55.0 cm³/mol. The molecule has 0 fully saturated rings. The summed E-state index contributed by atoms with van der Waals surface area (Å²) >= 11 is 5.97. The standard InChI is InChI=1S/C10H8ClN3/c1-7-3-4-8(9(11)14-7)10-12-5-2-6-13-10/h2-6H,1H3. The van der Waals surface area contributed by atoms with Gasteiger partial charge in [-0.3, -0.25) is 0 Å². The second-order valence-electron chi connectivity index (χ2n) is 2.86. The van der Waals surface area contributed by atoms with Crippen molar-refractivity contribution in [1.29, 1.82) is 0 Å². The summed E-state index contributed by atoms with van der Waals surface area (Å²) in [6, 6.07) is 5.52. The minimum atomic E-state index is 0.441. The van der Waals surface area contributed by atoms with Crippen LogP contribution >= 0.6 is 11.6 Å². The summed E-state index contributed by atoms with van der Waals surface area (Å²) in [5.74, 6) is 0.602. The third-order valence-corrected chi connectivity index (χ3v) is 2.08. The second kappa shape index (κ2) is 3.72. The van der Waals surface area contributed by atoms with Crippen LogP contribution in [-0.4, -0.2) is 15.0 Å². The molecule has 2 heterocycles. The first kappa shape index (κ1) is 9.09. The molecule has 0 aliphatic heterocycles. The predicted octanol–water partition coefficient (Wildman–Crippen LogP) is 2.50. The first-order valence-electron chi connectivity index (χ1n) is 4.18. The zero-order chi connectivity index (χ0) is 9.97. The van der Waals surface area contributed by atoms with E-state index in [2.05, 4.69) is 15.0 Å². The molecule has 0 radical (unpaired) electrons. The number of nitrogens with zero attached hydrogens (tertiary/aromatic N) is 3. The maximum Gasteiger partial charge on any atom is 0.162 e. The van der Waals surface area contributed by atoms with Crippen LogP contribution in [0, 0.1) is 6.92 Å². The van der Waals surface area contributed by atoms with Gasteiger partial charge in [-0.05, 0) is 25.1 Å². The summed E-state index contributed by atoms with van der Waals surface area (Å²) < 4.78 is 0. The Morgan fingerprint density at radius 2 is 1.86 bits per heavy atom. The molecule has 0 saturated carbocycles. The molecule has 0 saturated heterocycles. The summed E-state index contributed by atoms with van der Waals surface area (Å²) in [6.45, 7) is 1.89. The van der Waals surface area contributed by atoms with Gasteiger partial charge in [-0.1, -0.05) is 11.6 Å². The van der Waals surface area contributed by atoms with Crippen molar-refractivity contribution in [3.63, 3.8) is 0 Å². The van der Waals surface area contributed by atoms with Crippen molar-refractivity contribution < 1.29 is 0 Å². The zero-order valence-electron chi connectivity index (χ0n) is 7.61. The molecule has 0 atom stereocenters. The van der Waals surface area contributed by atoms with Gasteiger partial charge in [0, 0.05) is 18.1 Å². The minimum Gasteiger partial charge on any atom is -0.241 e. The highest BCUT2D eigenvalue weighted by molar-refractivity contribution is 6.31. The highest BCUT2D eigenvalue weighted by Crippen LogP contribution is 2.22. The fourth-order valence-electron chi connectivity index (χ4n) is 1.13. The third-order valence-electron chi connectivity index (χ3n) is 1.79. The quantitative estimate of drug-likeness (QED) is 0.672. The average molecular weight is 206 g/mol. The van der Waals surface area contributed by atoms with Crippen LogP contribution in [0.1, 0.15) is 5.69 Å². The number of aryl methyl sites for hydroxylation is 1. The van der Waals surface area contributed by atoms with Crippen molar-refractivity contribution in [2.24, 2.45) is 0 Å². The molecular formula is C10H8ClN3. The van der Waals surface area contributed by atoms with Gasteiger partial charge in [0.05, 0.1) is 5.56 Å². The molecule has 2 aromatic rings. The van der Waals surface area contributed by atoms with Gasteiger partial charge in [-0.15, -0.1) is 0 Å². The van der Waals surface area contributed by atoms with Crippen LogP contribution < -0.4 is 0 Å². The number of rotatable bonds is 1. The molecule has 0 amide bonds. The summed E-state index contributed by atoms with van der Waals surface area (Å²) in [7, 11) is 0. The lowest BCUT2D eigenvalue weighted by Crippen LogP contribution is -1.90. The molecule has 2 aromatic heterocycles. The second-order valence-corrected chi connectivity index (χ2v) is 3.22. The Balaban J connectivity index is 2.53. The Morgan fingerprint density at radius 3 is 2.50 bits per heavy atom. The Hall–Kier alpha value is -1.48. The monoisotopic (exact) mass is 205 g/mol. The normalized spacial score (nSPS) is 10.1. The van der Waals surface area contributed by atoms with E-state index in [4.69, 9.17) is 11.6 Å². The van der Waals surface area contributed by atoms with Gasteiger partial charge in [0.2, 0.25) is 0 Å². The Kier molecular flexibility index (Phi) is 2.41. The van der Waals surface area contributed by atoms with Crippen LogP contribution in [0.25, 0.3) is 11.4 Å². The summed E-state index contributed by atoms with van der Waals surface area (Å²) in [5.41, 5.74) is 1.65. The summed E-state index contributed by atoms with van der Waals surface area (Å²) in [5, 5.41) is 0.441. The maximum absolute atomic E-state index is 5.97. The minimum absolute atomic E-state index is 0.441. The number of hydrogen-bond acceptors (Lipinski definition) is 3. The molecule has 14 heavy (non-hydrogen) atoms. The molecule has 0 bridgehead atoms. The molecule has 3 nitrogen and oxygen atoms in total. The van der Waals surface area contributed by atoms with E-state index < -0.39 is 0 Å². The molecule has 0 aliphatic carbocycles. The van der Waals surface area contributed by atoms with Crippen molar-refractivity contribution in [2.75, 3.05) is 0 Å². The van der Waals surface area contributed by atoms with E-state index >= 15 is 0 Å². The van der Waals surface area contributed by atoms with Crippen molar-refractivity contribution in [3.05, 3.63) is 41.4 Å². The molecule has 0 aliphatic rings. The van der Waals surface area contributed by atoms with Crippen LogP contribution in [-0.2, 0) is 0 Å². The number of hydrogen-bond donors (Lipinski definition) is 0. The van der Waals surface area contributed by atoms with Crippen LogP contribution in [0.15, 0.2) is 30.6 Å². The number of aromatic nitrogens is 3. The first-order chi connectivity index (χ1) is 6.77. The largest absolute Gasteiger partial charge is 0.241 e. The van der Waals surface area contributed by atoms with Gasteiger partial charge in [0.25, 0.3) is 0 Å². The van der Waals surface area contributed by atoms with Gasteiger partial charge in [-0.25, -0.2) is 15.0 Å². The lowest BCUT2D eigenvalue weighted by molar-refractivity contribution is 1.14. The highest BCUT2D eigenvalue weighted by atomic mass is 35.5. The van der Waals surface area contributed by atoms with Gasteiger partial charge in [-0.2, -0.15) is 0 Å².